The maximum atomic E-state index is 6.44. The summed E-state index contributed by atoms with van der Waals surface area (Å²) in [4.78, 5) is 0. The Morgan fingerprint density at radius 3 is 2.47 bits per heavy atom. The summed E-state index contributed by atoms with van der Waals surface area (Å²) in [5.41, 5.74) is 1.49. The predicted molar refractivity (Wildman–Crippen MR) is 81.0 cm³/mol. The van der Waals surface area contributed by atoms with Crippen molar-refractivity contribution in [2.24, 2.45) is 5.41 Å². The molecule has 1 fully saturated rings. The fourth-order valence-electron chi connectivity index (χ4n) is 3.40. The molecular formula is C16H24ClNO. The van der Waals surface area contributed by atoms with Crippen LogP contribution in [0.2, 0.25) is 5.02 Å². The molecule has 1 saturated carbocycles. The van der Waals surface area contributed by atoms with Gasteiger partial charge in [-0.3, -0.25) is 0 Å². The van der Waals surface area contributed by atoms with Crippen LogP contribution in [0.5, 0.6) is 5.75 Å². The van der Waals surface area contributed by atoms with Crippen LogP contribution in [0.1, 0.15) is 50.6 Å². The van der Waals surface area contributed by atoms with Gasteiger partial charge in [0.2, 0.25) is 0 Å². The Labute approximate surface area is 121 Å². The van der Waals surface area contributed by atoms with Gasteiger partial charge in [-0.2, -0.15) is 0 Å². The van der Waals surface area contributed by atoms with Crippen LogP contribution in [0.25, 0.3) is 0 Å². The summed E-state index contributed by atoms with van der Waals surface area (Å²) >= 11 is 6.44. The largest absolute Gasteiger partial charge is 0.497 e. The van der Waals surface area contributed by atoms with Crippen LogP contribution in [0, 0.1) is 5.41 Å². The number of rotatable bonds is 4. The molecule has 2 rings (SSSR count). The monoisotopic (exact) mass is 281 g/mol. The first kappa shape index (κ1) is 14.7. The van der Waals surface area contributed by atoms with Crippen molar-refractivity contribution >= 4 is 11.6 Å². The van der Waals surface area contributed by atoms with Gasteiger partial charge in [0.15, 0.2) is 0 Å². The third kappa shape index (κ3) is 3.06. The highest BCUT2D eigenvalue weighted by Crippen LogP contribution is 2.47. The Kier molecular flexibility index (Phi) is 4.75. The quantitative estimate of drug-likeness (QED) is 0.872. The molecule has 1 aliphatic rings. The standard InChI is InChI=1S/C16H24ClNO/c1-16(9-5-4-6-10-16)15(18-2)13-8-7-12(19-3)11-14(13)17/h7-8,11,15,18H,4-6,9-10H2,1-3H3. The second-order valence-corrected chi connectivity index (χ2v) is 6.23. The molecule has 1 atom stereocenters. The molecule has 1 unspecified atom stereocenters. The van der Waals surface area contributed by atoms with Crippen molar-refractivity contribution in [3.05, 3.63) is 28.8 Å². The summed E-state index contributed by atoms with van der Waals surface area (Å²) < 4.78 is 5.23. The molecule has 0 spiro atoms. The SMILES string of the molecule is CNC(c1ccc(OC)cc1Cl)C1(C)CCCCC1. The minimum atomic E-state index is 0.297. The molecule has 0 saturated heterocycles. The van der Waals surface area contributed by atoms with Crippen LogP contribution >= 0.6 is 11.6 Å². The van der Waals surface area contributed by atoms with Gasteiger partial charge in [-0.15, -0.1) is 0 Å². The number of methoxy groups -OCH3 is 1. The van der Waals surface area contributed by atoms with Crippen molar-refractivity contribution in [1.29, 1.82) is 0 Å². The Bertz CT molecular complexity index is 427. The fourth-order valence-corrected chi connectivity index (χ4v) is 3.68. The number of ether oxygens (including phenoxy) is 1. The lowest BCUT2D eigenvalue weighted by molar-refractivity contribution is 0.150. The van der Waals surface area contributed by atoms with E-state index in [1.807, 2.05) is 19.2 Å². The first-order chi connectivity index (χ1) is 9.10. The highest BCUT2D eigenvalue weighted by Gasteiger charge is 2.36. The molecule has 0 aromatic heterocycles. The number of halogens is 1. The molecule has 19 heavy (non-hydrogen) atoms. The van der Waals surface area contributed by atoms with Crippen molar-refractivity contribution in [2.45, 2.75) is 45.1 Å². The van der Waals surface area contributed by atoms with Crippen LogP contribution in [0.15, 0.2) is 18.2 Å². The minimum Gasteiger partial charge on any atom is -0.497 e. The molecule has 0 heterocycles. The fraction of sp³-hybridized carbons (Fsp3) is 0.625. The lowest BCUT2D eigenvalue weighted by atomic mass is 9.68. The van der Waals surface area contributed by atoms with Gasteiger partial charge in [-0.1, -0.05) is 43.9 Å². The molecule has 1 aromatic rings. The lowest BCUT2D eigenvalue weighted by Crippen LogP contribution is -2.36. The van der Waals surface area contributed by atoms with E-state index in [0.717, 1.165) is 10.8 Å². The summed E-state index contributed by atoms with van der Waals surface area (Å²) in [6, 6.07) is 6.32. The van der Waals surface area contributed by atoms with Crippen LogP contribution in [0.4, 0.5) is 0 Å². The minimum absolute atomic E-state index is 0.297. The molecule has 3 heteroatoms. The van der Waals surface area contributed by atoms with E-state index in [2.05, 4.69) is 18.3 Å². The summed E-state index contributed by atoms with van der Waals surface area (Å²) in [6.07, 6.45) is 6.54. The van der Waals surface area contributed by atoms with Crippen LogP contribution in [0.3, 0.4) is 0 Å². The van der Waals surface area contributed by atoms with Gasteiger partial charge in [0.25, 0.3) is 0 Å². The third-order valence-electron chi connectivity index (χ3n) is 4.50. The molecule has 1 N–H and O–H groups in total. The molecule has 1 aromatic carbocycles. The topological polar surface area (TPSA) is 21.3 Å². The zero-order valence-electron chi connectivity index (χ0n) is 12.1. The maximum absolute atomic E-state index is 6.44. The highest BCUT2D eigenvalue weighted by molar-refractivity contribution is 6.31. The average Bonchev–Trinajstić information content (AvgIpc) is 2.42. The normalized spacial score (nSPS) is 20.0. The van der Waals surface area contributed by atoms with E-state index >= 15 is 0 Å². The van der Waals surface area contributed by atoms with E-state index in [-0.39, 0.29) is 0 Å². The Morgan fingerprint density at radius 1 is 1.26 bits per heavy atom. The van der Waals surface area contributed by atoms with E-state index in [1.54, 1.807) is 7.11 Å². The molecule has 106 valence electrons. The van der Waals surface area contributed by atoms with Gasteiger partial charge >= 0.3 is 0 Å². The van der Waals surface area contributed by atoms with E-state index in [0.29, 0.717) is 11.5 Å². The van der Waals surface area contributed by atoms with Crippen LogP contribution < -0.4 is 10.1 Å². The molecule has 0 radical (unpaired) electrons. The van der Waals surface area contributed by atoms with Gasteiger partial charge in [0.05, 0.1) is 7.11 Å². The smallest absolute Gasteiger partial charge is 0.120 e. The van der Waals surface area contributed by atoms with Crippen LogP contribution in [-0.2, 0) is 0 Å². The number of hydrogen-bond acceptors (Lipinski definition) is 2. The van der Waals surface area contributed by atoms with Gasteiger partial charge < -0.3 is 10.1 Å². The average molecular weight is 282 g/mol. The van der Waals surface area contributed by atoms with Crippen molar-refractivity contribution in [3.63, 3.8) is 0 Å². The van der Waals surface area contributed by atoms with E-state index in [4.69, 9.17) is 16.3 Å². The molecule has 1 aliphatic carbocycles. The van der Waals surface area contributed by atoms with E-state index in [1.165, 1.54) is 37.7 Å². The van der Waals surface area contributed by atoms with Crippen molar-refractivity contribution in [2.75, 3.05) is 14.2 Å². The summed E-state index contributed by atoms with van der Waals surface area (Å²) in [5, 5.41) is 4.28. The zero-order chi connectivity index (χ0) is 13.9. The van der Waals surface area contributed by atoms with E-state index < -0.39 is 0 Å². The second kappa shape index (κ2) is 6.15. The second-order valence-electron chi connectivity index (χ2n) is 5.82. The summed E-state index contributed by atoms with van der Waals surface area (Å²) in [7, 11) is 3.70. The molecule has 0 bridgehead atoms. The highest BCUT2D eigenvalue weighted by atomic mass is 35.5. The van der Waals surface area contributed by atoms with Gasteiger partial charge in [-0.25, -0.2) is 0 Å². The van der Waals surface area contributed by atoms with Crippen molar-refractivity contribution in [1.82, 2.24) is 5.32 Å². The Hall–Kier alpha value is -0.730. The lowest BCUT2D eigenvalue weighted by Gasteiger charge is -2.41. The molecular weight excluding hydrogens is 258 g/mol. The van der Waals surface area contributed by atoms with Crippen molar-refractivity contribution < 1.29 is 4.74 Å². The van der Waals surface area contributed by atoms with Gasteiger partial charge in [0.1, 0.15) is 5.75 Å². The van der Waals surface area contributed by atoms with Gasteiger partial charge in [0, 0.05) is 11.1 Å². The zero-order valence-corrected chi connectivity index (χ0v) is 12.9. The maximum Gasteiger partial charge on any atom is 0.120 e. The molecule has 0 aliphatic heterocycles. The van der Waals surface area contributed by atoms with Crippen LogP contribution in [-0.4, -0.2) is 14.2 Å². The molecule has 2 nitrogen and oxygen atoms in total. The predicted octanol–water partition coefficient (Wildman–Crippen LogP) is 4.58. The Morgan fingerprint density at radius 2 is 1.95 bits per heavy atom. The molecule has 0 amide bonds. The number of nitrogens with one attached hydrogen (secondary N) is 1. The van der Waals surface area contributed by atoms with E-state index in [9.17, 15) is 0 Å². The number of benzene rings is 1. The first-order valence-electron chi connectivity index (χ1n) is 7.11. The van der Waals surface area contributed by atoms with Gasteiger partial charge in [-0.05, 0) is 43.0 Å². The number of hydrogen-bond donors (Lipinski definition) is 1. The summed E-state index contributed by atoms with van der Waals surface area (Å²) in [5.74, 6) is 0.817. The Balaban J connectivity index is 2.30. The van der Waals surface area contributed by atoms with Crippen molar-refractivity contribution in [3.8, 4) is 5.75 Å². The third-order valence-corrected chi connectivity index (χ3v) is 4.83. The summed E-state index contributed by atoms with van der Waals surface area (Å²) in [6.45, 7) is 2.38. The first-order valence-corrected chi connectivity index (χ1v) is 7.49.